The summed E-state index contributed by atoms with van der Waals surface area (Å²) in [5.41, 5.74) is 2.19. The molecule has 2 aromatic rings. The second kappa shape index (κ2) is 8.93. The van der Waals surface area contributed by atoms with Crippen molar-refractivity contribution in [2.45, 2.75) is 26.3 Å². The van der Waals surface area contributed by atoms with Crippen molar-refractivity contribution in [3.05, 3.63) is 54.1 Å². The molecule has 0 saturated heterocycles. The summed E-state index contributed by atoms with van der Waals surface area (Å²) in [6.07, 6.45) is 0.674. The standard InChI is InChI=1S/C23H24N4O3S/c1-14(2)12-18-22(29)27-21(25-18)15-8-4-5-9-16(15)26-23(27)31-13-20(28)24-17-10-6-7-11-19(17)30-3/h4-11,14,18H,12-13H2,1-3H3,(H,24,28)/t18-/m1/s1. The number of carbonyl (C=O) groups is 2. The summed E-state index contributed by atoms with van der Waals surface area (Å²) in [6.45, 7) is 4.15. The van der Waals surface area contributed by atoms with Gasteiger partial charge in [-0.15, -0.1) is 0 Å². The number of nitrogens with one attached hydrogen (secondary N) is 1. The van der Waals surface area contributed by atoms with Crippen LogP contribution >= 0.6 is 11.8 Å². The third kappa shape index (κ3) is 4.34. The Morgan fingerprint density at radius 1 is 1.19 bits per heavy atom. The van der Waals surface area contributed by atoms with Crippen molar-refractivity contribution in [1.82, 2.24) is 4.90 Å². The van der Waals surface area contributed by atoms with Gasteiger partial charge in [0.2, 0.25) is 5.91 Å². The molecule has 2 aliphatic heterocycles. The first-order valence-corrected chi connectivity index (χ1v) is 11.1. The van der Waals surface area contributed by atoms with Gasteiger partial charge in [0.05, 0.1) is 24.2 Å². The number of rotatable bonds is 6. The topological polar surface area (TPSA) is 83.4 Å². The zero-order valence-corrected chi connectivity index (χ0v) is 18.5. The predicted molar refractivity (Wildman–Crippen MR) is 124 cm³/mol. The number of benzene rings is 2. The molecule has 2 heterocycles. The van der Waals surface area contributed by atoms with Gasteiger partial charge in [-0.2, -0.15) is 0 Å². The summed E-state index contributed by atoms with van der Waals surface area (Å²) in [7, 11) is 1.56. The van der Waals surface area contributed by atoms with Crippen LogP contribution in [0, 0.1) is 5.92 Å². The summed E-state index contributed by atoms with van der Waals surface area (Å²) in [5.74, 6) is 1.36. The van der Waals surface area contributed by atoms with E-state index in [9.17, 15) is 9.59 Å². The van der Waals surface area contributed by atoms with Crippen molar-refractivity contribution in [2.75, 3.05) is 18.2 Å². The first-order valence-electron chi connectivity index (χ1n) is 10.1. The summed E-state index contributed by atoms with van der Waals surface area (Å²) >= 11 is 1.22. The zero-order chi connectivity index (χ0) is 22.0. The van der Waals surface area contributed by atoms with Crippen molar-refractivity contribution in [2.24, 2.45) is 15.9 Å². The molecule has 4 rings (SSSR count). The fourth-order valence-electron chi connectivity index (χ4n) is 3.56. The molecule has 2 amide bonds. The van der Waals surface area contributed by atoms with Gasteiger partial charge in [0, 0.05) is 5.56 Å². The number of amides is 2. The van der Waals surface area contributed by atoms with E-state index in [0.29, 0.717) is 34.8 Å². The number of amidine groups is 2. The zero-order valence-electron chi connectivity index (χ0n) is 17.7. The van der Waals surface area contributed by atoms with E-state index >= 15 is 0 Å². The lowest BCUT2D eigenvalue weighted by Crippen LogP contribution is -2.41. The number of anilines is 1. The van der Waals surface area contributed by atoms with Crippen molar-refractivity contribution in [3.63, 3.8) is 0 Å². The molecule has 31 heavy (non-hydrogen) atoms. The predicted octanol–water partition coefficient (Wildman–Crippen LogP) is 4.07. The molecule has 0 saturated carbocycles. The van der Waals surface area contributed by atoms with Gasteiger partial charge in [-0.25, -0.2) is 9.89 Å². The van der Waals surface area contributed by atoms with E-state index in [1.807, 2.05) is 36.4 Å². The highest BCUT2D eigenvalue weighted by molar-refractivity contribution is 8.14. The van der Waals surface area contributed by atoms with Gasteiger partial charge in [0.1, 0.15) is 17.6 Å². The third-order valence-corrected chi connectivity index (χ3v) is 5.89. The number of nitrogens with zero attached hydrogens (tertiary/aromatic N) is 3. The Hall–Kier alpha value is -3.13. The van der Waals surface area contributed by atoms with Gasteiger partial charge in [-0.1, -0.05) is 49.9 Å². The Kier molecular flexibility index (Phi) is 6.08. The summed E-state index contributed by atoms with van der Waals surface area (Å²) in [6, 6.07) is 14.4. The fraction of sp³-hybridized carbons (Fsp3) is 0.304. The van der Waals surface area contributed by atoms with Crippen molar-refractivity contribution >= 4 is 46.0 Å². The van der Waals surface area contributed by atoms with Crippen LogP contribution in [0.1, 0.15) is 25.8 Å². The Bertz CT molecular complexity index is 1080. The molecule has 2 aliphatic rings. The molecular weight excluding hydrogens is 412 g/mol. The number of fused-ring (bicyclic) bond motifs is 3. The Balaban J connectivity index is 1.54. The molecular formula is C23H24N4O3S. The van der Waals surface area contributed by atoms with E-state index in [4.69, 9.17) is 9.73 Å². The highest BCUT2D eigenvalue weighted by Crippen LogP contribution is 2.34. The number of carbonyl (C=O) groups excluding carboxylic acids is 2. The van der Waals surface area contributed by atoms with Crippen LogP contribution in [0.2, 0.25) is 0 Å². The number of aliphatic imine (C=N–C) groups is 2. The second-order valence-electron chi connectivity index (χ2n) is 7.72. The number of methoxy groups -OCH3 is 1. The first-order chi connectivity index (χ1) is 15.0. The lowest BCUT2D eigenvalue weighted by Gasteiger charge is -2.25. The van der Waals surface area contributed by atoms with Gasteiger partial charge < -0.3 is 10.1 Å². The van der Waals surface area contributed by atoms with Gasteiger partial charge in [0.25, 0.3) is 5.91 Å². The van der Waals surface area contributed by atoms with Crippen LogP contribution in [0.25, 0.3) is 0 Å². The molecule has 1 N–H and O–H groups in total. The number of para-hydroxylation sites is 3. The first kappa shape index (κ1) is 21.1. The van der Waals surface area contributed by atoms with E-state index in [-0.39, 0.29) is 17.6 Å². The van der Waals surface area contributed by atoms with Gasteiger partial charge >= 0.3 is 0 Å². The molecule has 0 radical (unpaired) electrons. The van der Waals surface area contributed by atoms with Crippen molar-refractivity contribution in [3.8, 4) is 5.75 Å². The highest BCUT2D eigenvalue weighted by Gasteiger charge is 2.41. The summed E-state index contributed by atoms with van der Waals surface area (Å²) in [4.78, 5) is 36.6. The molecule has 8 heteroatoms. The fourth-order valence-corrected chi connectivity index (χ4v) is 4.36. The molecule has 0 fully saturated rings. The smallest absolute Gasteiger partial charge is 0.259 e. The van der Waals surface area contributed by atoms with Crippen LogP contribution in [0.3, 0.4) is 0 Å². The summed E-state index contributed by atoms with van der Waals surface area (Å²) in [5, 5.41) is 3.33. The lowest BCUT2D eigenvalue weighted by atomic mass is 10.0. The van der Waals surface area contributed by atoms with Crippen LogP contribution in [0.15, 0.2) is 58.5 Å². The van der Waals surface area contributed by atoms with Crippen LogP contribution in [0.4, 0.5) is 11.4 Å². The van der Waals surface area contributed by atoms with E-state index in [1.165, 1.54) is 11.8 Å². The van der Waals surface area contributed by atoms with E-state index in [1.54, 1.807) is 24.1 Å². The van der Waals surface area contributed by atoms with E-state index in [0.717, 1.165) is 11.3 Å². The van der Waals surface area contributed by atoms with Crippen LogP contribution < -0.4 is 10.1 Å². The molecule has 0 bridgehead atoms. The lowest BCUT2D eigenvalue weighted by molar-refractivity contribution is -0.125. The maximum atomic E-state index is 13.1. The quantitative estimate of drug-likeness (QED) is 0.740. The Labute approximate surface area is 185 Å². The largest absolute Gasteiger partial charge is 0.495 e. The molecule has 1 atom stereocenters. The molecule has 0 spiro atoms. The number of ether oxygens (including phenoxy) is 1. The minimum atomic E-state index is -0.422. The maximum Gasteiger partial charge on any atom is 0.259 e. The average molecular weight is 437 g/mol. The van der Waals surface area contributed by atoms with Gasteiger partial charge in [-0.3, -0.25) is 14.6 Å². The van der Waals surface area contributed by atoms with Gasteiger partial charge in [-0.05, 0) is 36.6 Å². The van der Waals surface area contributed by atoms with E-state index < -0.39 is 6.04 Å². The molecule has 0 unspecified atom stereocenters. The minimum Gasteiger partial charge on any atom is -0.495 e. The van der Waals surface area contributed by atoms with Crippen LogP contribution in [0.5, 0.6) is 5.75 Å². The SMILES string of the molecule is COc1ccccc1NC(=O)CSC1=Nc2ccccc2C2=N[C@H](CC(C)C)C(=O)N12. The normalized spacial score (nSPS) is 17.1. The molecule has 0 aliphatic carbocycles. The number of hydrogen-bond donors (Lipinski definition) is 1. The Morgan fingerprint density at radius 2 is 1.94 bits per heavy atom. The van der Waals surface area contributed by atoms with E-state index in [2.05, 4.69) is 24.2 Å². The maximum absolute atomic E-state index is 13.1. The average Bonchev–Trinajstić information content (AvgIpc) is 3.08. The third-order valence-electron chi connectivity index (χ3n) is 4.96. The molecule has 0 aromatic heterocycles. The number of thioether (sulfide) groups is 1. The van der Waals surface area contributed by atoms with Crippen LogP contribution in [-0.4, -0.2) is 46.6 Å². The monoisotopic (exact) mass is 436 g/mol. The van der Waals surface area contributed by atoms with Crippen molar-refractivity contribution < 1.29 is 14.3 Å². The van der Waals surface area contributed by atoms with Gasteiger partial charge in [0.15, 0.2) is 5.17 Å². The molecule has 2 aromatic carbocycles. The summed E-state index contributed by atoms with van der Waals surface area (Å²) < 4.78 is 5.28. The van der Waals surface area contributed by atoms with Crippen LogP contribution in [-0.2, 0) is 9.59 Å². The second-order valence-corrected chi connectivity index (χ2v) is 8.66. The number of hydrogen-bond acceptors (Lipinski definition) is 6. The molecule has 7 nitrogen and oxygen atoms in total. The molecule has 160 valence electrons. The highest BCUT2D eigenvalue weighted by atomic mass is 32.2. The Morgan fingerprint density at radius 3 is 2.71 bits per heavy atom. The van der Waals surface area contributed by atoms with Crippen molar-refractivity contribution in [1.29, 1.82) is 0 Å². The minimum absolute atomic E-state index is 0.0883.